The summed E-state index contributed by atoms with van der Waals surface area (Å²) in [6, 6.07) is 13.9. The number of rotatable bonds is 7. The summed E-state index contributed by atoms with van der Waals surface area (Å²) < 4.78 is 11.6. The van der Waals surface area contributed by atoms with Crippen molar-refractivity contribution in [1.29, 1.82) is 0 Å². The number of hydrogen-bond donors (Lipinski definition) is 1. The maximum Gasteiger partial charge on any atom is 0.244 e. The SMILES string of the molecule is CCOc1cc2c(cc1CNC(=O)/C=C/Sc1ccccc1)O[C@H](C)C2. The molecule has 0 bridgehead atoms. The van der Waals surface area contributed by atoms with Crippen LogP contribution < -0.4 is 14.8 Å². The minimum absolute atomic E-state index is 0.134. The van der Waals surface area contributed by atoms with Gasteiger partial charge >= 0.3 is 0 Å². The summed E-state index contributed by atoms with van der Waals surface area (Å²) in [5.74, 6) is 1.57. The zero-order valence-electron chi connectivity index (χ0n) is 15.0. The topological polar surface area (TPSA) is 47.6 Å². The molecule has 136 valence electrons. The predicted octanol–water partition coefficient (Wildman–Crippen LogP) is 4.33. The van der Waals surface area contributed by atoms with E-state index in [2.05, 4.69) is 12.2 Å². The first kappa shape index (κ1) is 18.4. The van der Waals surface area contributed by atoms with Crippen LogP contribution in [-0.4, -0.2) is 18.6 Å². The summed E-state index contributed by atoms with van der Waals surface area (Å²) in [5.41, 5.74) is 2.09. The van der Waals surface area contributed by atoms with E-state index < -0.39 is 0 Å². The van der Waals surface area contributed by atoms with Crippen molar-refractivity contribution in [3.63, 3.8) is 0 Å². The van der Waals surface area contributed by atoms with Crippen LogP contribution in [0.1, 0.15) is 25.0 Å². The molecule has 0 saturated heterocycles. The number of fused-ring (bicyclic) bond motifs is 1. The molecular weight excluding hydrogens is 346 g/mol. The van der Waals surface area contributed by atoms with Gasteiger partial charge in [-0.1, -0.05) is 30.0 Å². The molecule has 2 aromatic carbocycles. The highest BCUT2D eigenvalue weighted by atomic mass is 32.2. The molecule has 0 unspecified atom stereocenters. The predicted molar refractivity (Wildman–Crippen MR) is 105 cm³/mol. The summed E-state index contributed by atoms with van der Waals surface area (Å²) in [6.07, 6.45) is 2.62. The number of benzene rings is 2. The highest BCUT2D eigenvalue weighted by Gasteiger charge is 2.21. The lowest BCUT2D eigenvalue weighted by atomic mass is 10.1. The van der Waals surface area contributed by atoms with E-state index >= 15 is 0 Å². The van der Waals surface area contributed by atoms with E-state index in [-0.39, 0.29) is 12.0 Å². The van der Waals surface area contributed by atoms with Crippen molar-refractivity contribution in [1.82, 2.24) is 5.32 Å². The second-order valence-corrected chi connectivity index (χ2v) is 7.06. The van der Waals surface area contributed by atoms with E-state index in [1.807, 2.05) is 49.4 Å². The van der Waals surface area contributed by atoms with Crippen LogP contribution >= 0.6 is 11.8 Å². The van der Waals surface area contributed by atoms with Crippen LogP contribution in [0.2, 0.25) is 0 Å². The smallest absolute Gasteiger partial charge is 0.244 e. The van der Waals surface area contributed by atoms with E-state index in [0.29, 0.717) is 13.2 Å². The largest absolute Gasteiger partial charge is 0.494 e. The summed E-state index contributed by atoms with van der Waals surface area (Å²) in [7, 11) is 0. The van der Waals surface area contributed by atoms with Crippen molar-refractivity contribution < 1.29 is 14.3 Å². The van der Waals surface area contributed by atoms with E-state index in [9.17, 15) is 4.79 Å². The number of carbonyl (C=O) groups excluding carboxylic acids is 1. The van der Waals surface area contributed by atoms with E-state index in [4.69, 9.17) is 9.47 Å². The average Bonchev–Trinajstić information content (AvgIpc) is 3.00. The van der Waals surface area contributed by atoms with Crippen molar-refractivity contribution in [3.05, 3.63) is 65.1 Å². The molecule has 4 nitrogen and oxygen atoms in total. The molecule has 0 aliphatic carbocycles. The van der Waals surface area contributed by atoms with Crippen LogP contribution in [-0.2, 0) is 17.8 Å². The van der Waals surface area contributed by atoms with Gasteiger partial charge < -0.3 is 14.8 Å². The fraction of sp³-hybridized carbons (Fsp3) is 0.286. The van der Waals surface area contributed by atoms with Gasteiger partial charge in [-0.3, -0.25) is 4.79 Å². The number of carbonyl (C=O) groups is 1. The first-order valence-electron chi connectivity index (χ1n) is 8.77. The Labute approximate surface area is 158 Å². The molecule has 0 aromatic heterocycles. The third-order valence-corrected chi connectivity index (χ3v) is 4.82. The Balaban J connectivity index is 1.60. The molecule has 1 atom stereocenters. The zero-order valence-corrected chi connectivity index (χ0v) is 15.8. The molecule has 26 heavy (non-hydrogen) atoms. The molecule has 1 N–H and O–H groups in total. The molecule has 3 rings (SSSR count). The van der Waals surface area contributed by atoms with Crippen molar-refractivity contribution >= 4 is 17.7 Å². The van der Waals surface area contributed by atoms with Crippen LogP contribution in [0.15, 0.2) is 58.8 Å². The Morgan fingerprint density at radius 2 is 2.15 bits per heavy atom. The van der Waals surface area contributed by atoms with Crippen LogP contribution in [0.4, 0.5) is 0 Å². The Kier molecular flexibility index (Phi) is 6.23. The van der Waals surface area contributed by atoms with Crippen molar-refractivity contribution in [2.24, 2.45) is 0 Å². The van der Waals surface area contributed by atoms with Crippen LogP contribution in [0.25, 0.3) is 0 Å². The van der Waals surface area contributed by atoms with Crippen LogP contribution in [0, 0.1) is 0 Å². The molecule has 5 heteroatoms. The minimum atomic E-state index is -0.134. The Bertz CT molecular complexity index is 789. The number of amides is 1. The third-order valence-electron chi connectivity index (χ3n) is 4.00. The molecule has 1 amide bonds. The van der Waals surface area contributed by atoms with E-state index in [1.165, 1.54) is 11.8 Å². The number of thioether (sulfide) groups is 1. The second-order valence-electron chi connectivity index (χ2n) is 6.08. The zero-order chi connectivity index (χ0) is 18.4. The molecule has 0 fully saturated rings. The van der Waals surface area contributed by atoms with E-state index in [1.54, 1.807) is 11.5 Å². The van der Waals surface area contributed by atoms with Crippen molar-refractivity contribution in [3.8, 4) is 11.5 Å². The van der Waals surface area contributed by atoms with Gasteiger partial charge in [0, 0.05) is 35.1 Å². The Morgan fingerprint density at radius 3 is 2.92 bits per heavy atom. The monoisotopic (exact) mass is 369 g/mol. The summed E-state index contributed by atoms with van der Waals surface area (Å²) >= 11 is 1.51. The summed E-state index contributed by atoms with van der Waals surface area (Å²) in [5, 5.41) is 4.71. The molecular formula is C21H23NO3S. The van der Waals surface area contributed by atoms with Gasteiger partial charge in [0.2, 0.25) is 5.91 Å². The highest BCUT2D eigenvalue weighted by molar-refractivity contribution is 8.02. The number of ether oxygens (including phenoxy) is 2. The molecule has 1 aliphatic rings. The lowest BCUT2D eigenvalue weighted by Crippen LogP contribution is -2.20. The average molecular weight is 369 g/mol. The van der Waals surface area contributed by atoms with Crippen molar-refractivity contribution in [2.45, 2.75) is 37.8 Å². The van der Waals surface area contributed by atoms with Gasteiger partial charge in [0.15, 0.2) is 0 Å². The molecule has 1 heterocycles. The van der Waals surface area contributed by atoms with Crippen LogP contribution in [0.3, 0.4) is 0 Å². The fourth-order valence-electron chi connectivity index (χ4n) is 2.82. The quantitative estimate of drug-likeness (QED) is 0.583. The third kappa shape index (κ3) is 4.82. The van der Waals surface area contributed by atoms with E-state index in [0.717, 1.165) is 33.9 Å². The molecule has 1 aliphatic heterocycles. The van der Waals surface area contributed by atoms with Gasteiger partial charge in [0.25, 0.3) is 0 Å². The lowest BCUT2D eigenvalue weighted by molar-refractivity contribution is -0.116. The molecule has 0 spiro atoms. The summed E-state index contributed by atoms with van der Waals surface area (Å²) in [4.78, 5) is 13.2. The fourth-order valence-corrected chi connectivity index (χ4v) is 3.49. The van der Waals surface area contributed by atoms with Gasteiger partial charge in [-0.2, -0.15) is 0 Å². The first-order chi connectivity index (χ1) is 12.7. The highest BCUT2D eigenvalue weighted by Crippen LogP contribution is 2.35. The minimum Gasteiger partial charge on any atom is -0.494 e. The van der Waals surface area contributed by atoms with Gasteiger partial charge in [-0.15, -0.1) is 0 Å². The first-order valence-corrected chi connectivity index (χ1v) is 9.65. The maximum absolute atomic E-state index is 12.1. The van der Waals surface area contributed by atoms with Gasteiger partial charge in [0.1, 0.15) is 17.6 Å². The molecule has 0 saturated carbocycles. The summed E-state index contributed by atoms with van der Waals surface area (Å²) in [6.45, 7) is 5.00. The lowest BCUT2D eigenvalue weighted by Gasteiger charge is -2.13. The number of hydrogen-bond acceptors (Lipinski definition) is 4. The maximum atomic E-state index is 12.1. The van der Waals surface area contributed by atoms with Gasteiger partial charge in [-0.05, 0) is 43.5 Å². The molecule has 0 radical (unpaired) electrons. The Morgan fingerprint density at radius 1 is 1.35 bits per heavy atom. The number of nitrogens with one attached hydrogen (secondary N) is 1. The van der Waals surface area contributed by atoms with Crippen molar-refractivity contribution in [2.75, 3.05) is 6.61 Å². The second kappa shape index (κ2) is 8.81. The molecule has 2 aromatic rings. The van der Waals surface area contributed by atoms with Gasteiger partial charge in [-0.25, -0.2) is 0 Å². The standard InChI is InChI=1S/C21H23NO3S/c1-3-24-19-12-16-11-15(2)25-20(16)13-17(19)14-22-21(23)9-10-26-18-7-5-4-6-8-18/h4-10,12-13,15H,3,11,14H2,1-2H3,(H,22,23)/b10-9+/t15-/m1/s1. The normalized spacial score (nSPS) is 15.5. The van der Waals surface area contributed by atoms with Gasteiger partial charge in [0.05, 0.1) is 6.61 Å². The Hall–Kier alpha value is -2.40. The van der Waals surface area contributed by atoms with Crippen LogP contribution in [0.5, 0.6) is 11.5 Å².